The first-order valence-electron chi connectivity index (χ1n) is 6.93. The molecule has 2 aliphatic rings. The molecule has 0 radical (unpaired) electrons. The van der Waals surface area contributed by atoms with Gasteiger partial charge in [-0.05, 0) is 32.4 Å². The Morgan fingerprint density at radius 3 is 2.41 bits per heavy atom. The molecule has 0 bridgehead atoms. The maximum atomic E-state index is 12.0. The van der Waals surface area contributed by atoms with Gasteiger partial charge in [0.25, 0.3) is 0 Å². The number of hydrogen-bond acceptors (Lipinski definition) is 3. The van der Waals surface area contributed by atoms with E-state index < -0.39 is 0 Å². The van der Waals surface area contributed by atoms with Gasteiger partial charge < -0.3 is 10.2 Å². The smallest absolute Gasteiger partial charge is 0.223 e. The lowest BCUT2D eigenvalue weighted by Gasteiger charge is -2.38. The van der Waals surface area contributed by atoms with Crippen molar-refractivity contribution in [3.63, 3.8) is 0 Å². The second-order valence-corrected chi connectivity index (χ2v) is 5.40. The molecule has 0 aromatic heterocycles. The molecule has 1 unspecified atom stereocenters. The number of nitrogens with zero attached hydrogens (tertiary/aromatic N) is 2. The Bertz CT molecular complexity index is 257. The lowest BCUT2D eigenvalue weighted by molar-refractivity contribution is -0.134. The average molecular weight is 239 g/mol. The molecule has 2 heterocycles. The van der Waals surface area contributed by atoms with Gasteiger partial charge in [-0.25, -0.2) is 0 Å². The van der Waals surface area contributed by atoms with Gasteiger partial charge in [0.15, 0.2) is 0 Å². The molecule has 0 spiro atoms. The summed E-state index contributed by atoms with van der Waals surface area (Å²) in [5.41, 5.74) is 0. The van der Waals surface area contributed by atoms with E-state index in [2.05, 4.69) is 29.0 Å². The fourth-order valence-electron chi connectivity index (χ4n) is 2.54. The SMILES string of the molecule is CCC(C)N1CCN(C(=O)CC2CNC2)CC1. The van der Waals surface area contributed by atoms with Gasteiger partial charge in [0, 0.05) is 38.6 Å². The molecule has 98 valence electrons. The van der Waals surface area contributed by atoms with E-state index in [-0.39, 0.29) is 0 Å². The summed E-state index contributed by atoms with van der Waals surface area (Å²) < 4.78 is 0. The highest BCUT2D eigenvalue weighted by Gasteiger charge is 2.26. The summed E-state index contributed by atoms with van der Waals surface area (Å²) in [6.45, 7) is 10.5. The van der Waals surface area contributed by atoms with E-state index in [0.29, 0.717) is 17.9 Å². The van der Waals surface area contributed by atoms with E-state index in [0.717, 1.165) is 45.7 Å². The summed E-state index contributed by atoms with van der Waals surface area (Å²) in [4.78, 5) is 16.6. The second-order valence-electron chi connectivity index (χ2n) is 5.40. The van der Waals surface area contributed by atoms with Crippen LogP contribution in [-0.4, -0.2) is 61.0 Å². The van der Waals surface area contributed by atoms with E-state index in [1.165, 1.54) is 6.42 Å². The Morgan fingerprint density at radius 1 is 1.29 bits per heavy atom. The van der Waals surface area contributed by atoms with Gasteiger partial charge in [-0.1, -0.05) is 6.92 Å². The van der Waals surface area contributed by atoms with Crippen LogP contribution < -0.4 is 5.32 Å². The minimum atomic E-state index is 0.361. The minimum absolute atomic E-state index is 0.361. The maximum absolute atomic E-state index is 12.0. The molecule has 2 fully saturated rings. The van der Waals surface area contributed by atoms with Crippen molar-refractivity contribution >= 4 is 5.91 Å². The van der Waals surface area contributed by atoms with Gasteiger partial charge >= 0.3 is 0 Å². The number of rotatable bonds is 4. The Balaban J connectivity index is 1.72. The number of nitrogens with one attached hydrogen (secondary N) is 1. The Kier molecular flexibility index (Phi) is 4.40. The first kappa shape index (κ1) is 12.8. The van der Waals surface area contributed by atoms with Gasteiger partial charge in [0.05, 0.1) is 0 Å². The number of hydrogen-bond donors (Lipinski definition) is 1. The zero-order valence-corrected chi connectivity index (χ0v) is 11.1. The Morgan fingerprint density at radius 2 is 1.94 bits per heavy atom. The van der Waals surface area contributed by atoms with E-state index in [1.54, 1.807) is 0 Å². The first-order valence-corrected chi connectivity index (χ1v) is 6.93. The van der Waals surface area contributed by atoms with Crippen LogP contribution >= 0.6 is 0 Å². The van der Waals surface area contributed by atoms with E-state index >= 15 is 0 Å². The van der Waals surface area contributed by atoms with Crippen molar-refractivity contribution in [2.24, 2.45) is 5.92 Å². The van der Waals surface area contributed by atoms with Crippen molar-refractivity contribution < 1.29 is 4.79 Å². The van der Waals surface area contributed by atoms with Gasteiger partial charge in [0.1, 0.15) is 0 Å². The normalized spacial score (nSPS) is 24.5. The minimum Gasteiger partial charge on any atom is -0.340 e. The maximum Gasteiger partial charge on any atom is 0.223 e. The summed E-state index contributed by atoms with van der Waals surface area (Å²) in [5, 5.41) is 3.22. The van der Waals surface area contributed by atoms with Crippen molar-refractivity contribution in [2.45, 2.75) is 32.7 Å². The van der Waals surface area contributed by atoms with Crippen LogP contribution in [0.3, 0.4) is 0 Å². The van der Waals surface area contributed by atoms with Crippen LogP contribution in [-0.2, 0) is 4.79 Å². The van der Waals surface area contributed by atoms with Gasteiger partial charge in [-0.3, -0.25) is 9.69 Å². The van der Waals surface area contributed by atoms with E-state index in [4.69, 9.17) is 0 Å². The van der Waals surface area contributed by atoms with Crippen LogP contribution in [0.1, 0.15) is 26.7 Å². The number of piperazine rings is 1. The Hall–Kier alpha value is -0.610. The zero-order valence-electron chi connectivity index (χ0n) is 11.1. The summed E-state index contributed by atoms with van der Waals surface area (Å²) >= 11 is 0. The zero-order chi connectivity index (χ0) is 12.3. The third-order valence-electron chi connectivity index (χ3n) is 4.21. The number of carbonyl (C=O) groups excluding carboxylic acids is 1. The molecule has 1 atom stereocenters. The van der Waals surface area contributed by atoms with Crippen LogP contribution in [0.15, 0.2) is 0 Å². The molecule has 2 aliphatic heterocycles. The topological polar surface area (TPSA) is 35.6 Å². The summed E-state index contributed by atoms with van der Waals surface area (Å²) in [6.07, 6.45) is 1.94. The van der Waals surface area contributed by atoms with Crippen LogP contribution in [0.2, 0.25) is 0 Å². The fourth-order valence-corrected chi connectivity index (χ4v) is 2.54. The van der Waals surface area contributed by atoms with Crippen molar-refractivity contribution in [3.8, 4) is 0 Å². The third-order valence-corrected chi connectivity index (χ3v) is 4.21. The van der Waals surface area contributed by atoms with Gasteiger partial charge in [-0.2, -0.15) is 0 Å². The first-order chi connectivity index (χ1) is 8.20. The van der Waals surface area contributed by atoms with Crippen molar-refractivity contribution in [1.82, 2.24) is 15.1 Å². The summed E-state index contributed by atoms with van der Waals surface area (Å²) in [6, 6.07) is 0.656. The number of carbonyl (C=O) groups is 1. The van der Waals surface area contributed by atoms with E-state index in [1.807, 2.05) is 0 Å². The predicted molar refractivity (Wildman–Crippen MR) is 68.9 cm³/mol. The summed E-state index contributed by atoms with van der Waals surface area (Å²) in [7, 11) is 0. The van der Waals surface area contributed by atoms with Crippen LogP contribution in [0.25, 0.3) is 0 Å². The Labute approximate surface area is 104 Å². The molecule has 0 saturated carbocycles. The van der Waals surface area contributed by atoms with Crippen molar-refractivity contribution in [2.75, 3.05) is 39.3 Å². The highest BCUT2D eigenvalue weighted by molar-refractivity contribution is 5.76. The third kappa shape index (κ3) is 3.19. The second kappa shape index (κ2) is 5.83. The highest BCUT2D eigenvalue weighted by atomic mass is 16.2. The molecule has 0 aromatic rings. The standard InChI is InChI=1S/C13H25N3O/c1-3-11(2)15-4-6-16(7-5-15)13(17)8-12-9-14-10-12/h11-12,14H,3-10H2,1-2H3. The molecular formula is C13H25N3O. The molecule has 2 saturated heterocycles. The van der Waals surface area contributed by atoms with Crippen molar-refractivity contribution in [1.29, 1.82) is 0 Å². The molecule has 0 aliphatic carbocycles. The molecule has 4 heteroatoms. The largest absolute Gasteiger partial charge is 0.340 e. The molecule has 1 N–H and O–H groups in total. The predicted octanol–water partition coefficient (Wildman–Crippen LogP) is 0.539. The lowest BCUT2D eigenvalue weighted by atomic mass is 9.98. The van der Waals surface area contributed by atoms with Crippen LogP contribution in [0.5, 0.6) is 0 Å². The molecule has 2 rings (SSSR count). The average Bonchev–Trinajstić information content (AvgIpc) is 2.32. The van der Waals surface area contributed by atoms with Crippen LogP contribution in [0, 0.1) is 5.92 Å². The van der Waals surface area contributed by atoms with Gasteiger partial charge in [-0.15, -0.1) is 0 Å². The van der Waals surface area contributed by atoms with Crippen molar-refractivity contribution in [3.05, 3.63) is 0 Å². The molecule has 1 amide bonds. The van der Waals surface area contributed by atoms with Gasteiger partial charge in [0.2, 0.25) is 5.91 Å². The summed E-state index contributed by atoms with van der Waals surface area (Å²) in [5.74, 6) is 0.954. The quantitative estimate of drug-likeness (QED) is 0.778. The fraction of sp³-hybridized carbons (Fsp3) is 0.923. The number of amides is 1. The lowest BCUT2D eigenvalue weighted by Crippen LogP contribution is -2.52. The monoisotopic (exact) mass is 239 g/mol. The van der Waals surface area contributed by atoms with Crippen LogP contribution in [0.4, 0.5) is 0 Å². The highest BCUT2D eigenvalue weighted by Crippen LogP contribution is 2.14. The molecular weight excluding hydrogens is 214 g/mol. The molecule has 4 nitrogen and oxygen atoms in total. The molecule has 17 heavy (non-hydrogen) atoms. The molecule has 0 aromatic carbocycles. The van der Waals surface area contributed by atoms with E-state index in [9.17, 15) is 4.79 Å².